The lowest BCUT2D eigenvalue weighted by molar-refractivity contribution is -0.136. The number of carboxylic acid groups (broad SMARTS) is 1. The largest absolute Gasteiger partial charge is 0.497 e. The van der Waals surface area contributed by atoms with E-state index in [1.165, 1.54) is 17.9 Å². The van der Waals surface area contributed by atoms with Gasteiger partial charge in [0.05, 0.1) is 18.4 Å². The number of carboxylic acids is 1. The molecule has 0 amide bonds. The van der Waals surface area contributed by atoms with Crippen LogP contribution in [0.3, 0.4) is 0 Å². The highest BCUT2D eigenvalue weighted by Gasteiger charge is 2.31. The van der Waals surface area contributed by atoms with Crippen LogP contribution in [-0.4, -0.2) is 39.3 Å². The summed E-state index contributed by atoms with van der Waals surface area (Å²) in [5.41, 5.74) is -0.170. The van der Waals surface area contributed by atoms with Crippen molar-refractivity contribution in [3.8, 4) is 5.75 Å². The predicted molar refractivity (Wildman–Crippen MR) is 65.6 cm³/mol. The van der Waals surface area contributed by atoms with E-state index in [9.17, 15) is 26.4 Å². The van der Waals surface area contributed by atoms with Crippen LogP contribution < -0.4 is 9.46 Å². The molecule has 0 aliphatic rings. The summed E-state index contributed by atoms with van der Waals surface area (Å²) >= 11 is 0. The van der Waals surface area contributed by atoms with E-state index in [-0.39, 0.29) is 11.3 Å². The lowest BCUT2D eigenvalue weighted by atomic mass is 10.1. The van der Waals surface area contributed by atoms with Crippen molar-refractivity contribution in [2.75, 3.05) is 13.7 Å². The number of rotatable bonds is 6. The smallest absolute Gasteiger partial charge is 0.402 e. The molecule has 0 saturated carbocycles. The molecule has 118 valence electrons. The molecule has 0 heterocycles. The van der Waals surface area contributed by atoms with Crippen molar-refractivity contribution < 1.29 is 36.2 Å². The second-order valence-electron chi connectivity index (χ2n) is 3.98. The summed E-state index contributed by atoms with van der Waals surface area (Å²) in [4.78, 5) is 10.2. The van der Waals surface area contributed by atoms with Crippen LogP contribution in [0, 0.1) is 0 Å². The van der Waals surface area contributed by atoms with Crippen LogP contribution in [0.4, 0.5) is 13.2 Å². The molecule has 1 rings (SSSR count). The fraction of sp³-hybridized carbons (Fsp3) is 0.364. The van der Waals surface area contributed by atoms with Crippen molar-refractivity contribution in [2.24, 2.45) is 0 Å². The minimum Gasteiger partial charge on any atom is -0.497 e. The summed E-state index contributed by atoms with van der Waals surface area (Å²) in [6.07, 6.45) is -5.38. The van der Waals surface area contributed by atoms with Crippen LogP contribution >= 0.6 is 0 Å². The number of sulfonamides is 1. The van der Waals surface area contributed by atoms with E-state index in [0.717, 1.165) is 12.1 Å². The van der Waals surface area contributed by atoms with Crippen LogP contribution in [0.2, 0.25) is 0 Å². The Labute approximate surface area is 118 Å². The van der Waals surface area contributed by atoms with Gasteiger partial charge < -0.3 is 9.84 Å². The zero-order valence-electron chi connectivity index (χ0n) is 10.8. The fourth-order valence-electron chi connectivity index (χ4n) is 1.50. The highest BCUT2D eigenvalue weighted by atomic mass is 32.2. The molecule has 0 saturated heterocycles. The van der Waals surface area contributed by atoms with Gasteiger partial charge in [-0.15, -0.1) is 0 Å². The number of benzene rings is 1. The summed E-state index contributed by atoms with van der Waals surface area (Å²) in [6.45, 7) is -1.74. The number of aliphatic carboxylic acids is 1. The van der Waals surface area contributed by atoms with E-state index >= 15 is 0 Å². The van der Waals surface area contributed by atoms with E-state index in [0.29, 0.717) is 0 Å². The van der Waals surface area contributed by atoms with Crippen molar-refractivity contribution in [2.45, 2.75) is 17.5 Å². The second kappa shape index (κ2) is 6.31. The summed E-state index contributed by atoms with van der Waals surface area (Å²) in [5, 5.41) is 8.74. The monoisotopic (exact) mass is 327 g/mol. The molecule has 2 N–H and O–H groups in total. The lowest BCUT2D eigenvalue weighted by Gasteiger charge is -2.13. The molecule has 0 unspecified atom stereocenters. The molecule has 0 spiro atoms. The Balaban J connectivity index is 3.18. The fourth-order valence-corrected chi connectivity index (χ4v) is 2.73. The number of methoxy groups -OCH3 is 1. The van der Waals surface area contributed by atoms with Gasteiger partial charge in [-0.05, 0) is 23.8 Å². The Morgan fingerprint density at radius 1 is 1.38 bits per heavy atom. The van der Waals surface area contributed by atoms with E-state index < -0.39 is 40.0 Å². The first-order valence-electron chi connectivity index (χ1n) is 5.50. The number of halogens is 3. The maximum absolute atomic E-state index is 12.1. The average Bonchev–Trinajstić information content (AvgIpc) is 2.34. The van der Waals surface area contributed by atoms with Gasteiger partial charge in [-0.25, -0.2) is 13.1 Å². The van der Waals surface area contributed by atoms with Crippen molar-refractivity contribution >= 4 is 16.0 Å². The Hall–Kier alpha value is -1.81. The van der Waals surface area contributed by atoms with E-state index in [2.05, 4.69) is 0 Å². The highest BCUT2D eigenvalue weighted by molar-refractivity contribution is 7.89. The minimum atomic E-state index is -4.72. The molecular formula is C11H12F3NO5S. The third-order valence-electron chi connectivity index (χ3n) is 2.36. The van der Waals surface area contributed by atoms with E-state index in [4.69, 9.17) is 9.84 Å². The normalized spacial score (nSPS) is 12.2. The van der Waals surface area contributed by atoms with Crippen molar-refractivity contribution in [1.29, 1.82) is 0 Å². The van der Waals surface area contributed by atoms with Crippen LogP contribution in [-0.2, 0) is 21.2 Å². The number of alkyl halides is 3. The van der Waals surface area contributed by atoms with Gasteiger partial charge in [0.2, 0.25) is 10.0 Å². The maximum atomic E-state index is 12.1. The third kappa shape index (κ3) is 5.23. The van der Waals surface area contributed by atoms with Gasteiger partial charge in [0.1, 0.15) is 12.3 Å². The average molecular weight is 327 g/mol. The molecular weight excluding hydrogens is 315 g/mol. The summed E-state index contributed by atoms with van der Waals surface area (Å²) in [5.74, 6) is -1.13. The van der Waals surface area contributed by atoms with Crippen LogP contribution in [0.25, 0.3) is 0 Å². The van der Waals surface area contributed by atoms with Crippen LogP contribution in [0.1, 0.15) is 5.56 Å². The standard InChI is InChI=1S/C11H12F3NO5S/c1-20-8-2-3-9(7(4-8)5-10(16)17)21(18,19)15-6-11(12,13)14/h2-4,15H,5-6H2,1H3,(H,16,17). The molecule has 0 bridgehead atoms. The van der Waals surface area contributed by atoms with Gasteiger partial charge in [-0.2, -0.15) is 13.2 Å². The topological polar surface area (TPSA) is 92.7 Å². The van der Waals surface area contributed by atoms with Gasteiger partial charge in [-0.3, -0.25) is 4.79 Å². The molecule has 1 aromatic carbocycles. The third-order valence-corrected chi connectivity index (χ3v) is 3.86. The number of nitrogens with one attached hydrogen (secondary N) is 1. The molecule has 0 aliphatic heterocycles. The molecule has 0 radical (unpaired) electrons. The lowest BCUT2D eigenvalue weighted by Crippen LogP contribution is -2.34. The number of carbonyl (C=O) groups is 1. The minimum absolute atomic E-state index is 0.170. The molecule has 0 fully saturated rings. The second-order valence-corrected chi connectivity index (χ2v) is 5.72. The summed E-state index contributed by atoms with van der Waals surface area (Å²) in [7, 11) is -3.20. The Morgan fingerprint density at radius 3 is 2.48 bits per heavy atom. The Morgan fingerprint density at radius 2 is 2.00 bits per heavy atom. The highest BCUT2D eigenvalue weighted by Crippen LogP contribution is 2.23. The molecule has 6 nitrogen and oxygen atoms in total. The first-order valence-corrected chi connectivity index (χ1v) is 6.98. The van der Waals surface area contributed by atoms with Gasteiger partial charge in [-0.1, -0.05) is 0 Å². The molecule has 21 heavy (non-hydrogen) atoms. The first-order chi connectivity index (χ1) is 9.55. The van der Waals surface area contributed by atoms with Gasteiger partial charge in [0, 0.05) is 0 Å². The zero-order chi connectivity index (χ0) is 16.3. The van der Waals surface area contributed by atoms with Gasteiger partial charge in [0.15, 0.2) is 0 Å². The molecule has 0 aliphatic carbocycles. The quantitative estimate of drug-likeness (QED) is 0.818. The molecule has 0 aromatic heterocycles. The summed E-state index contributed by atoms with van der Waals surface area (Å²) in [6, 6.07) is 3.36. The van der Waals surface area contributed by atoms with Crippen molar-refractivity contribution in [1.82, 2.24) is 4.72 Å². The maximum Gasteiger partial charge on any atom is 0.402 e. The van der Waals surface area contributed by atoms with Crippen LogP contribution in [0.5, 0.6) is 5.75 Å². The van der Waals surface area contributed by atoms with Crippen molar-refractivity contribution in [3.05, 3.63) is 23.8 Å². The predicted octanol–water partition coefficient (Wildman–Crippen LogP) is 1.16. The summed E-state index contributed by atoms with van der Waals surface area (Å²) < 4.78 is 66.2. The van der Waals surface area contributed by atoms with Crippen molar-refractivity contribution in [3.63, 3.8) is 0 Å². The number of hydrogen-bond donors (Lipinski definition) is 2. The SMILES string of the molecule is COc1ccc(S(=O)(=O)NCC(F)(F)F)c(CC(=O)O)c1. The Kier molecular flexibility index (Phi) is 5.18. The van der Waals surface area contributed by atoms with Gasteiger partial charge in [0.25, 0.3) is 0 Å². The number of ether oxygens (including phenoxy) is 1. The zero-order valence-corrected chi connectivity index (χ0v) is 11.6. The van der Waals surface area contributed by atoms with E-state index in [1.807, 2.05) is 0 Å². The van der Waals surface area contributed by atoms with E-state index in [1.54, 1.807) is 0 Å². The number of hydrogen-bond acceptors (Lipinski definition) is 4. The van der Waals surface area contributed by atoms with Gasteiger partial charge >= 0.3 is 12.1 Å². The molecule has 0 atom stereocenters. The van der Waals surface area contributed by atoms with Crippen LogP contribution in [0.15, 0.2) is 23.1 Å². The Bertz CT molecular complexity index is 627. The first kappa shape index (κ1) is 17.2. The molecule has 10 heteroatoms. The molecule has 1 aromatic rings.